The maximum atomic E-state index is 12.5. The van der Waals surface area contributed by atoms with Crippen LogP contribution in [0, 0.1) is 0 Å². The summed E-state index contributed by atoms with van der Waals surface area (Å²) in [5.41, 5.74) is 1.10. The van der Waals surface area contributed by atoms with E-state index in [1.165, 1.54) is 12.1 Å². The Kier molecular flexibility index (Phi) is 4.18. The number of hydrogen-bond acceptors (Lipinski definition) is 1. The summed E-state index contributed by atoms with van der Waals surface area (Å²) in [5, 5.41) is 0. The molecule has 0 aliphatic heterocycles. The van der Waals surface area contributed by atoms with Crippen molar-refractivity contribution >= 4 is 24.6 Å². The molecule has 0 N–H and O–H groups in total. The molecule has 0 saturated carbocycles. The first kappa shape index (κ1) is 14.2. The maximum absolute atomic E-state index is 12.5. The van der Waals surface area contributed by atoms with Crippen LogP contribution in [0.2, 0.25) is 0 Å². The number of methoxy groups -OCH3 is 1. The lowest BCUT2D eigenvalue weighted by molar-refractivity contribution is 0.415. The van der Waals surface area contributed by atoms with Gasteiger partial charge in [-0.05, 0) is 23.3 Å². The second-order valence-corrected chi connectivity index (χ2v) is 4.35. The van der Waals surface area contributed by atoms with Crippen molar-refractivity contribution < 1.29 is 17.7 Å². The molecule has 0 atom stereocenters. The minimum Gasteiger partial charge on any atom is -0.497 e. The lowest BCUT2D eigenvalue weighted by Crippen LogP contribution is -2.33. The molecule has 0 aliphatic carbocycles. The molecule has 0 unspecified atom stereocenters. The van der Waals surface area contributed by atoms with Gasteiger partial charge in [0.2, 0.25) is 0 Å². The van der Waals surface area contributed by atoms with Crippen molar-refractivity contribution in [1.82, 2.24) is 0 Å². The molecule has 0 bridgehead atoms. The Balaban J connectivity index is 2.10. The number of rotatable bonds is 4. The standard InChI is InChI=1S/C15H13BF3O/c1-20-15-10-6-13(7-11-15)3-2-12-4-8-14(9-5-12)16(17,18)19/h2-11H,1H3/q-1/b3-2+. The molecule has 2 rings (SSSR count). The molecule has 0 heterocycles. The minimum absolute atomic E-state index is 0.577. The maximum Gasteiger partial charge on any atom is 0.509 e. The Morgan fingerprint density at radius 1 is 0.800 bits per heavy atom. The molecule has 104 valence electrons. The molecule has 0 radical (unpaired) electrons. The molecule has 2 aromatic carbocycles. The largest absolute Gasteiger partial charge is 0.509 e. The average Bonchev–Trinajstić information content (AvgIpc) is 2.45. The van der Waals surface area contributed by atoms with Crippen LogP contribution in [0.1, 0.15) is 11.1 Å². The summed E-state index contributed by atoms with van der Waals surface area (Å²) in [6.07, 6.45) is 3.61. The highest BCUT2D eigenvalue weighted by Crippen LogP contribution is 2.14. The topological polar surface area (TPSA) is 9.23 Å². The van der Waals surface area contributed by atoms with Gasteiger partial charge in [0.05, 0.1) is 7.11 Å². The predicted octanol–water partition coefficient (Wildman–Crippen LogP) is 3.92. The second kappa shape index (κ2) is 5.86. The van der Waals surface area contributed by atoms with Gasteiger partial charge in [0.25, 0.3) is 0 Å². The van der Waals surface area contributed by atoms with E-state index >= 15 is 0 Å². The van der Waals surface area contributed by atoms with Gasteiger partial charge in [0.1, 0.15) is 5.75 Å². The number of halogens is 3. The molecular formula is C15H13BF3O-. The number of ether oxygens (including phenoxy) is 1. The molecule has 0 fully saturated rings. The fraction of sp³-hybridized carbons (Fsp3) is 0.0667. The third-order valence-corrected chi connectivity index (χ3v) is 2.90. The highest BCUT2D eigenvalue weighted by atomic mass is 19.4. The molecule has 0 saturated heterocycles. The Bertz CT molecular complexity index is 586. The van der Waals surface area contributed by atoms with Crippen molar-refractivity contribution in [2.75, 3.05) is 7.11 Å². The summed E-state index contributed by atoms with van der Waals surface area (Å²) in [5.74, 6) is 0.763. The Labute approximate surface area is 115 Å². The zero-order valence-corrected chi connectivity index (χ0v) is 10.9. The zero-order valence-electron chi connectivity index (χ0n) is 10.9. The van der Waals surface area contributed by atoms with Crippen molar-refractivity contribution in [3.8, 4) is 5.75 Å². The minimum atomic E-state index is -4.92. The van der Waals surface area contributed by atoms with E-state index in [0.717, 1.165) is 29.0 Å². The Morgan fingerprint density at radius 2 is 1.25 bits per heavy atom. The third-order valence-electron chi connectivity index (χ3n) is 2.90. The van der Waals surface area contributed by atoms with E-state index in [1.54, 1.807) is 13.2 Å². The van der Waals surface area contributed by atoms with E-state index in [-0.39, 0.29) is 0 Å². The first-order valence-corrected chi connectivity index (χ1v) is 6.11. The van der Waals surface area contributed by atoms with Crippen molar-refractivity contribution in [3.05, 3.63) is 59.7 Å². The van der Waals surface area contributed by atoms with E-state index in [2.05, 4.69) is 0 Å². The van der Waals surface area contributed by atoms with E-state index in [1.807, 2.05) is 30.3 Å². The van der Waals surface area contributed by atoms with Gasteiger partial charge in [0, 0.05) is 0 Å². The van der Waals surface area contributed by atoms with Crippen LogP contribution in [0.15, 0.2) is 48.5 Å². The van der Waals surface area contributed by atoms with Gasteiger partial charge in [-0.2, -0.15) is 0 Å². The van der Waals surface area contributed by atoms with Crippen LogP contribution in [0.4, 0.5) is 12.9 Å². The summed E-state index contributed by atoms with van der Waals surface area (Å²) in [6, 6.07) is 12.5. The highest BCUT2D eigenvalue weighted by Gasteiger charge is 2.24. The van der Waals surface area contributed by atoms with Crippen molar-refractivity contribution in [2.45, 2.75) is 0 Å². The van der Waals surface area contributed by atoms with Crippen LogP contribution in [-0.2, 0) is 0 Å². The molecule has 0 aromatic heterocycles. The number of hydrogen-bond donors (Lipinski definition) is 0. The Hall–Kier alpha value is -2.17. The summed E-state index contributed by atoms with van der Waals surface area (Å²) < 4.78 is 42.5. The number of benzene rings is 2. The lowest BCUT2D eigenvalue weighted by Gasteiger charge is -2.14. The zero-order chi connectivity index (χ0) is 14.6. The van der Waals surface area contributed by atoms with Crippen molar-refractivity contribution in [2.24, 2.45) is 0 Å². The molecule has 5 heteroatoms. The molecule has 2 aromatic rings. The monoisotopic (exact) mass is 277 g/mol. The van der Waals surface area contributed by atoms with Crippen LogP contribution < -0.4 is 10.2 Å². The fourth-order valence-electron chi connectivity index (χ4n) is 1.73. The summed E-state index contributed by atoms with van der Waals surface area (Å²) in [4.78, 5) is 0. The van der Waals surface area contributed by atoms with Crippen LogP contribution in [0.25, 0.3) is 12.2 Å². The lowest BCUT2D eigenvalue weighted by atomic mass is 9.80. The van der Waals surface area contributed by atoms with E-state index in [0.29, 0.717) is 0 Å². The Morgan fingerprint density at radius 3 is 1.65 bits per heavy atom. The summed E-state index contributed by atoms with van der Waals surface area (Å²) >= 11 is 0. The molecule has 0 amide bonds. The molecule has 1 nitrogen and oxygen atoms in total. The smallest absolute Gasteiger partial charge is 0.497 e. The van der Waals surface area contributed by atoms with Gasteiger partial charge in [-0.25, -0.2) is 0 Å². The molecule has 0 spiro atoms. The van der Waals surface area contributed by atoms with Crippen molar-refractivity contribution in [1.29, 1.82) is 0 Å². The van der Waals surface area contributed by atoms with Crippen LogP contribution >= 0.6 is 0 Å². The quantitative estimate of drug-likeness (QED) is 0.608. The van der Waals surface area contributed by atoms with Crippen LogP contribution in [-0.4, -0.2) is 14.1 Å². The second-order valence-electron chi connectivity index (χ2n) is 4.35. The van der Waals surface area contributed by atoms with E-state index < -0.39 is 12.4 Å². The molecule has 20 heavy (non-hydrogen) atoms. The fourth-order valence-corrected chi connectivity index (χ4v) is 1.73. The van der Waals surface area contributed by atoms with Gasteiger partial charge < -0.3 is 17.7 Å². The van der Waals surface area contributed by atoms with Crippen molar-refractivity contribution in [3.63, 3.8) is 0 Å². The van der Waals surface area contributed by atoms with E-state index in [9.17, 15) is 12.9 Å². The third kappa shape index (κ3) is 3.67. The summed E-state index contributed by atoms with van der Waals surface area (Å²) in [6.45, 7) is -4.92. The van der Waals surface area contributed by atoms with Gasteiger partial charge >= 0.3 is 6.98 Å². The SMILES string of the molecule is COc1ccc(/C=C/c2ccc([B-](F)(F)F)cc2)cc1. The first-order chi connectivity index (χ1) is 9.49. The first-order valence-electron chi connectivity index (χ1n) is 6.11. The van der Waals surface area contributed by atoms with Gasteiger partial charge in [-0.1, -0.05) is 48.6 Å². The summed E-state index contributed by atoms with van der Waals surface area (Å²) in [7, 11) is 1.59. The molecular weight excluding hydrogens is 264 g/mol. The van der Waals surface area contributed by atoms with Gasteiger partial charge in [-0.15, -0.1) is 5.46 Å². The normalized spacial score (nSPS) is 11.8. The predicted molar refractivity (Wildman–Crippen MR) is 77.1 cm³/mol. The van der Waals surface area contributed by atoms with E-state index in [4.69, 9.17) is 4.74 Å². The molecule has 0 aliphatic rings. The van der Waals surface area contributed by atoms with Crippen LogP contribution in [0.5, 0.6) is 5.75 Å². The average molecular weight is 277 g/mol. The van der Waals surface area contributed by atoms with Gasteiger partial charge in [0.15, 0.2) is 0 Å². The van der Waals surface area contributed by atoms with Gasteiger partial charge in [-0.3, -0.25) is 0 Å². The highest BCUT2D eigenvalue weighted by molar-refractivity contribution is 6.73. The van der Waals surface area contributed by atoms with Crippen LogP contribution in [0.3, 0.4) is 0 Å².